The fourth-order valence-electron chi connectivity index (χ4n) is 10.2. The maximum atomic E-state index is 15.7. The Morgan fingerprint density at radius 2 is 1.53 bits per heavy atom. The number of amides is 6. The summed E-state index contributed by atoms with van der Waals surface area (Å²) in [6.07, 6.45) is -0.529. The molecule has 1 aromatic heterocycles. The van der Waals surface area contributed by atoms with Crippen LogP contribution in [0.2, 0.25) is 0 Å². The Morgan fingerprint density at radius 3 is 2.26 bits per heavy atom. The Hall–Kier alpha value is -6.97. The van der Waals surface area contributed by atoms with E-state index in [0.29, 0.717) is 75.1 Å². The number of carbonyl (C=O) groups is 6. The van der Waals surface area contributed by atoms with Gasteiger partial charge in [0, 0.05) is 114 Å². The molecule has 17 nitrogen and oxygen atoms in total. The molecule has 8 rings (SSSR count). The molecule has 3 fully saturated rings. The lowest BCUT2D eigenvalue weighted by Crippen LogP contribution is -2.55. The lowest BCUT2D eigenvalue weighted by molar-refractivity contribution is -0.138. The number of carbonyl (C=O) groups excluding carboxylic acids is 6. The van der Waals surface area contributed by atoms with Gasteiger partial charge in [0.2, 0.25) is 23.3 Å². The van der Waals surface area contributed by atoms with Gasteiger partial charge in [0.15, 0.2) is 0 Å². The van der Waals surface area contributed by atoms with Crippen LogP contribution in [0.1, 0.15) is 101 Å². The number of aromatic amines is 1. The summed E-state index contributed by atoms with van der Waals surface area (Å²) in [5.74, 6) is -3.80. The van der Waals surface area contributed by atoms with Gasteiger partial charge in [-0.05, 0) is 87.7 Å². The highest BCUT2D eigenvalue weighted by Crippen LogP contribution is 2.37. The first-order valence-electron chi connectivity index (χ1n) is 25.2. The number of H-pyrrole nitrogens is 1. The van der Waals surface area contributed by atoms with Crippen molar-refractivity contribution in [2.24, 2.45) is 0 Å². The van der Waals surface area contributed by atoms with Crippen LogP contribution in [0.5, 0.6) is 0 Å². The molecule has 74 heavy (non-hydrogen) atoms. The number of halogens is 4. The number of benzene rings is 3. The number of pyridine rings is 1. The molecule has 0 saturated carbocycles. The first kappa shape index (κ1) is 53.3. The van der Waals surface area contributed by atoms with Crippen LogP contribution in [0.3, 0.4) is 0 Å². The molecule has 0 aliphatic carbocycles. The Labute approximate surface area is 426 Å². The van der Waals surface area contributed by atoms with Gasteiger partial charge in [-0.3, -0.25) is 58.5 Å². The Morgan fingerprint density at radius 1 is 0.797 bits per heavy atom. The number of aromatic nitrogens is 1. The van der Waals surface area contributed by atoms with Gasteiger partial charge in [-0.15, -0.1) is 0 Å². The predicted octanol–water partition coefficient (Wildman–Crippen LogP) is 5.68. The average molecular weight is 1030 g/mol. The standard InChI is InChI=1S/C53H62F4N10O7/c1-32-29-66(30-33(2)63(32)3)43-15-13-35(26-42(43)61-49(71)38-28-60-47(70)27-39(38)53(55,56)57)37-25-34(12-14-40(37)54)31-65-23-21-64(22-24-65)20-19-59-45(68)11-6-4-5-7-18-58-41-10-8-9-36-48(41)52(74)67(51(36)73)44-16-17-46(69)62-50(44)72/h8-10,12-15,25-28,32-33,44,58H,4-7,11,16-24,29-31H2,1-3H3,(H,59,68)(H,60,70)(H,61,71)(H,62,69,72)/t32-,33+,44?. The monoisotopic (exact) mass is 1030 g/mol. The molecule has 3 aromatic carbocycles. The molecule has 0 bridgehead atoms. The third kappa shape index (κ3) is 12.3. The number of anilines is 3. The van der Waals surface area contributed by atoms with Crippen LogP contribution in [-0.4, -0.2) is 144 Å². The largest absolute Gasteiger partial charge is 0.417 e. The zero-order valence-electron chi connectivity index (χ0n) is 41.7. The van der Waals surface area contributed by atoms with Gasteiger partial charge in [-0.25, -0.2) is 4.39 Å². The lowest BCUT2D eigenvalue weighted by Gasteiger charge is -2.44. The van der Waals surface area contributed by atoms with Gasteiger partial charge >= 0.3 is 6.18 Å². The number of alkyl halides is 3. The van der Waals surface area contributed by atoms with E-state index in [1.165, 1.54) is 6.07 Å². The van der Waals surface area contributed by atoms with Crippen molar-refractivity contribution < 1.29 is 46.3 Å². The van der Waals surface area contributed by atoms with Gasteiger partial charge in [0.1, 0.15) is 11.9 Å². The first-order valence-corrected chi connectivity index (χ1v) is 25.2. The second-order valence-corrected chi connectivity index (χ2v) is 19.6. The topological polar surface area (TPSA) is 200 Å². The highest BCUT2D eigenvalue weighted by molar-refractivity contribution is 6.25. The van der Waals surface area contributed by atoms with E-state index in [1.807, 2.05) is 7.05 Å². The molecule has 3 atom stereocenters. The number of hydrogen-bond acceptors (Lipinski definition) is 12. The summed E-state index contributed by atoms with van der Waals surface area (Å²) in [6, 6.07) is 14.5. The Kier molecular flexibility index (Phi) is 16.6. The van der Waals surface area contributed by atoms with Crippen LogP contribution < -0.4 is 31.7 Å². The summed E-state index contributed by atoms with van der Waals surface area (Å²) in [7, 11) is 2.02. The van der Waals surface area contributed by atoms with E-state index in [9.17, 15) is 46.7 Å². The number of likely N-dealkylation sites (N-methyl/N-ethyl adjacent to an activating group) is 1. The zero-order valence-corrected chi connectivity index (χ0v) is 41.7. The number of fused-ring (bicyclic) bond motifs is 1. The molecule has 4 aromatic rings. The number of nitrogens with one attached hydrogen (secondary N) is 5. The number of unbranched alkanes of at least 4 members (excludes halogenated alkanes) is 3. The third-order valence-electron chi connectivity index (χ3n) is 14.5. The zero-order chi connectivity index (χ0) is 52.8. The molecular weight excluding hydrogens is 965 g/mol. The normalized spacial score (nSPS) is 19.9. The van der Waals surface area contributed by atoms with Crippen LogP contribution in [0, 0.1) is 5.82 Å². The minimum atomic E-state index is -4.97. The summed E-state index contributed by atoms with van der Waals surface area (Å²) < 4.78 is 57.7. The van der Waals surface area contributed by atoms with Crippen molar-refractivity contribution in [2.75, 3.05) is 81.5 Å². The molecule has 21 heteroatoms. The number of piperazine rings is 2. The van der Waals surface area contributed by atoms with Crippen molar-refractivity contribution >= 4 is 52.5 Å². The molecule has 0 radical (unpaired) electrons. The molecular formula is C53H62F4N10O7. The number of rotatable bonds is 18. The highest BCUT2D eigenvalue weighted by Gasteiger charge is 2.46. The predicted molar refractivity (Wildman–Crippen MR) is 270 cm³/mol. The maximum absolute atomic E-state index is 15.7. The van der Waals surface area contributed by atoms with Crippen molar-refractivity contribution in [2.45, 2.75) is 89.6 Å². The van der Waals surface area contributed by atoms with E-state index >= 15 is 4.39 Å². The van der Waals surface area contributed by atoms with Crippen molar-refractivity contribution in [1.29, 1.82) is 0 Å². The second kappa shape index (κ2) is 23.1. The van der Waals surface area contributed by atoms with Crippen molar-refractivity contribution in [1.82, 2.24) is 35.2 Å². The minimum Gasteiger partial charge on any atom is -0.384 e. The third-order valence-corrected chi connectivity index (χ3v) is 14.5. The molecule has 394 valence electrons. The van der Waals surface area contributed by atoms with Crippen molar-refractivity contribution in [3.05, 3.63) is 111 Å². The van der Waals surface area contributed by atoms with Crippen LogP contribution in [0.4, 0.5) is 34.6 Å². The highest BCUT2D eigenvalue weighted by atomic mass is 19.4. The Balaban J connectivity index is 0.778. The van der Waals surface area contributed by atoms with Gasteiger partial charge in [-0.1, -0.05) is 31.0 Å². The average Bonchev–Trinajstić information content (AvgIpc) is 3.62. The second-order valence-electron chi connectivity index (χ2n) is 19.6. The van der Waals surface area contributed by atoms with Gasteiger partial charge < -0.3 is 25.8 Å². The quantitative estimate of drug-likeness (QED) is 0.0465. The number of nitrogens with zero attached hydrogens (tertiary/aromatic N) is 5. The smallest absolute Gasteiger partial charge is 0.384 e. The summed E-state index contributed by atoms with van der Waals surface area (Å²) in [5.41, 5.74) is 0.141. The first-order chi connectivity index (χ1) is 35.4. The van der Waals surface area contributed by atoms with E-state index in [0.717, 1.165) is 62.1 Å². The minimum absolute atomic E-state index is 0.0190. The molecule has 5 heterocycles. The fraction of sp³-hybridized carbons (Fsp3) is 0.453. The summed E-state index contributed by atoms with van der Waals surface area (Å²) in [4.78, 5) is 101. The van der Waals surface area contributed by atoms with Gasteiger partial charge in [0.05, 0.1) is 33.6 Å². The molecule has 1 unspecified atom stereocenters. The van der Waals surface area contributed by atoms with Crippen molar-refractivity contribution in [3.8, 4) is 11.1 Å². The number of piperidine rings is 1. The lowest BCUT2D eigenvalue weighted by atomic mass is 9.99. The molecule has 4 aliphatic rings. The van der Waals surface area contributed by atoms with E-state index in [2.05, 4.69) is 59.7 Å². The molecule has 6 amide bonds. The summed E-state index contributed by atoms with van der Waals surface area (Å²) in [5, 5.41) is 11.1. The van der Waals surface area contributed by atoms with Crippen LogP contribution in [0.15, 0.2) is 71.7 Å². The maximum Gasteiger partial charge on any atom is 0.417 e. The van der Waals surface area contributed by atoms with E-state index in [4.69, 9.17) is 0 Å². The molecule has 4 aliphatic heterocycles. The molecule has 0 spiro atoms. The van der Waals surface area contributed by atoms with E-state index < -0.39 is 64.3 Å². The van der Waals surface area contributed by atoms with E-state index in [-0.39, 0.29) is 53.2 Å². The summed E-state index contributed by atoms with van der Waals surface area (Å²) in [6.45, 7) is 10.6. The van der Waals surface area contributed by atoms with Crippen LogP contribution in [-0.2, 0) is 27.1 Å². The van der Waals surface area contributed by atoms with Gasteiger partial charge in [-0.2, -0.15) is 13.2 Å². The molecule has 3 saturated heterocycles. The van der Waals surface area contributed by atoms with Crippen molar-refractivity contribution in [3.63, 3.8) is 0 Å². The van der Waals surface area contributed by atoms with Crippen LogP contribution >= 0.6 is 0 Å². The van der Waals surface area contributed by atoms with Gasteiger partial charge in [0.25, 0.3) is 17.7 Å². The fourth-order valence-corrected chi connectivity index (χ4v) is 10.2. The van der Waals surface area contributed by atoms with Crippen LogP contribution in [0.25, 0.3) is 11.1 Å². The summed E-state index contributed by atoms with van der Waals surface area (Å²) >= 11 is 0. The Bertz CT molecular complexity index is 2840. The number of hydrogen-bond donors (Lipinski definition) is 5. The van der Waals surface area contributed by atoms with E-state index in [1.54, 1.807) is 48.5 Å². The molecule has 5 N–H and O–H groups in total. The SMILES string of the molecule is C[C@@H]1CN(c2ccc(-c3cc(CN4CCN(CCNC(=O)CCCCCCNc5cccc6c5C(=O)N(C5CCC(=O)NC5=O)C6=O)CC4)ccc3F)cc2NC(=O)c2c[nH]c(=O)cc2C(F)(F)F)C[C@H](C)N1C. The number of imide groups is 2.